The van der Waals surface area contributed by atoms with E-state index in [4.69, 9.17) is 4.74 Å². The van der Waals surface area contributed by atoms with E-state index in [0.717, 1.165) is 11.3 Å². The van der Waals surface area contributed by atoms with Crippen LogP contribution in [-0.4, -0.2) is 46.3 Å². The fraction of sp³-hybridized carbons (Fsp3) is 0.476. The Morgan fingerprint density at radius 3 is 2.48 bits per heavy atom. The van der Waals surface area contributed by atoms with Gasteiger partial charge in [0.05, 0.1) is 18.2 Å². The van der Waals surface area contributed by atoms with Crippen LogP contribution >= 0.6 is 0 Å². The minimum atomic E-state index is -0.151. The minimum Gasteiger partial charge on any atom is -0.466 e. The molecule has 1 amide bonds. The van der Waals surface area contributed by atoms with Crippen LogP contribution in [0.1, 0.15) is 41.4 Å². The molecule has 0 unspecified atom stereocenters. The van der Waals surface area contributed by atoms with E-state index in [-0.39, 0.29) is 17.8 Å². The lowest BCUT2D eigenvalue weighted by Gasteiger charge is -2.30. The molecule has 1 aromatic heterocycles. The number of nitrogens with zero attached hydrogens (tertiary/aromatic N) is 3. The van der Waals surface area contributed by atoms with Gasteiger partial charge in [0.1, 0.15) is 5.69 Å². The van der Waals surface area contributed by atoms with Crippen LogP contribution in [-0.2, 0) is 16.6 Å². The number of hydrogen-bond acceptors (Lipinski definition) is 4. The van der Waals surface area contributed by atoms with E-state index >= 15 is 0 Å². The molecule has 27 heavy (non-hydrogen) atoms. The first-order valence-electron chi connectivity index (χ1n) is 9.48. The smallest absolute Gasteiger partial charge is 0.309 e. The molecule has 1 aliphatic heterocycles. The lowest BCUT2D eigenvalue weighted by Crippen LogP contribution is -2.41. The van der Waals surface area contributed by atoms with E-state index in [1.165, 1.54) is 11.1 Å². The first-order valence-corrected chi connectivity index (χ1v) is 9.48. The number of carbonyl (C=O) groups is 2. The van der Waals surface area contributed by atoms with E-state index in [1.807, 2.05) is 19.1 Å². The van der Waals surface area contributed by atoms with E-state index in [2.05, 4.69) is 31.1 Å². The van der Waals surface area contributed by atoms with Gasteiger partial charge in [-0.2, -0.15) is 5.10 Å². The fourth-order valence-corrected chi connectivity index (χ4v) is 3.45. The molecule has 1 aliphatic rings. The number of piperidine rings is 1. The highest BCUT2D eigenvalue weighted by molar-refractivity contribution is 5.94. The van der Waals surface area contributed by atoms with Gasteiger partial charge < -0.3 is 9.64 Å². The summed E-state index contributed by atoms with van der Waals surface area (Å²) in [4.78, 5) is 26.6. The van der Waals surface area contributed by atoms with Crippen LogP contribution in [0.15, 0.2) is 24.3 Å². The van der Waals surface area contributed by atoms with E-state index in [9.17, 15) is 9.59 Å². The molecule has 3 rings (SSSR count). The van der Waals surface area contributed by atoms with Gasteiger partial charge in [0, 0.05) is 25.7 Å². The summed E-state index contributed by atoms with van der Waals surface area (Å²) in [7, 11) is 1.79. The molecule has 0 saturated carbocycles. The van der Waals surface area contributed by atoms with Crippen molar-refractivity contribution < 1.29 is 14.3 Å². The number of amides is 1. The van der Waals surface area contributed by atoms with Crippen molar-refractivity contribution in [1.82, 2.24) is 14.7 Å². The van der Waals surface area contributed by atoms with Crippen LogP contribution in [0.25, 0.3) is 11.3 Å². The number of esters is 1. The molecular formula is C21H27N3O3. The Balaban J connectivity index is 1.72. The summed E-state index contributed by atoms with van der Waals surface area (Å²) in [5.41, 5.74) is 4.81. The number of likely N-dealkylation sites (tertiary alicyclic amines) is 1. The van der Waals surface area contributed by atoms with Gasteiger partial charge in [-0.15, -0.1) is 0 Å². The third kappa shape index (κ3) is 4.04. The van der Waals surface area contributed by atoms with Gasteiger partial charge in [0.2, 0.25) is 0 Å². The third-order valence-corrected chi connectivity index (χ3v) is 5.30. The van der Waals surface area contributed by atoms with Crippen molar-refractivity contribution in [2.24, 2.45) is 13.0 Å². The van der Waals surface area contributed by atoms with Crippen LogP contribution in [0.2, 0.25) is 0 Å². The Labute approximate surface area is 160 Å². The van der Waals surface area contributed by atoms with Crippen molar-refractivity contribution in [2.75, 3.05) is 19.7 Å². The average molecular weight is 369 g/mol. The Hall–Kier alpha value is -2.63. The molecule has 1 fully saturated rings. The van der Waals surface area contributed by atoms with Gasteiger partial charge in [0.25, 0.3) is 5.91 Å². The Morgan fingerprint density at radius 1 is 1.15 bits per heavy atom. The molecule has 0 aliphatic carbocycles. The van der Waals surface area contributed by atoms with E-state index < -0.39 is 0 Å². The first kappa shape index (κ1) is 19.1. The lowest BCUT2D eigenvalue weighted by molar-refractivity contribution is -0.149. The van der Waals surface area contributed by atoms with Crippen molar-refractivity contribution in [3.8, 4) is 11.3 Å². The van der Waals surface area contributed by atoms with Gasteiger partial charge in [-0.25, -0.2) is 0 Å². The first-order chi connectivity index (χ1) is 12.9. The maximum absolute atomic E-state index is 12.9. The zero-order valence-corrected chi connectivity index (χ0v) is 16.5. The molecule has 0 bridgehead atoms. The average Bonchev–Trinajstić information content (AvgIpc) is 3.05. The minimum absolute atomic E-state index is 0.0395. The second kappa shape index (κ2) is 7.94. The number of carbonyl (C=O) groups excluding carboxylic acids is 2. The summed E-state index contributed by atoms with van der Waals surface area (Å²) < 4.78 is 6.74. The second-order valence-electron chi connectivity index (χ2n) is 7.16. The SMILES string of the molecule is CCOC(=O)C1CCN(C(=O)c2cc(-c3ccc(C)c(C)c3)nn2C)CC1. The molecule has 0 spiro atoms. The van der Waals surface area contributed by atoms with Gasteiger partial charge in [-0.05, 0) is 56.9 Å². The molecule has 2 heterocycles. The van der Waals surface area contributed by atoms with Crippen LogP contribution < -0.4 is 0 Å². The topological polar surface area (TPSA) is 64.4 Å². The number of rotatable bonds is 4. The third-order valence-electron chi connectivity index (χ3n) is 5.30. The quantitative estimate of drug-likeness (QED) is 0.777. The molecule has 6 heteroatoms. The maximum atomic E-state index is 12.9. The van der Waals surface area contributed by atoms with Gasteiger partial charge >= 0.3 is 5.97 Å². The summed E-state index contributed by atoms with van der Waals surface area (Å²) in [5.74, 6) is -0.295. The molecule has 1 saturated heterocycles. The Morgan fingerprint density at radius 2 is 1.85 bits per heavy atom. The Kier molecular flexibility index (Phi) is 5.63. The van der Waals surface area contributed by atoms with E-state index in [0.29, 0.717) is 38.2 Å². The van der Waals surface area contributed by atoms with Crippen molar-refractivity contribution in [1.29, 1.82) is 0 Å². The largest absolute Gasteiger partial charge is 0.466 e. The highest BCUT2D eigenvalue weighted by atomic mass is 16.5. The van der Waals surface area contributed by atoms with Crippen LogP contribution in [0, 0.1) is 19.8 Å². The summed E-state index contributed by atoms with van der Waals surface area (Å²) in [6.07, 6.45) is 1.29. The number of benzene rings is 1. The molecule has 144 valence electrons. The van der Waals surface area contributed by atoms with Crippen molar-refractivity contribution in [3.05, 3.63) is 41.1 Å². The van der Waals surface area contributed by atoms with Crippen molar-refractivity contribution >= 4 is 11.9 Å². The van der Waals surface area contributed by atoms with Crippen LogP contribution in [0.3, 0.4) is 0 Å². The van der Waals surface area contributed by atoms with Crippen LogP contribution in [0.4, 0.5) is 0 Å². The lowest BCUT2D eigenvalue weighted by atomic mass is 9.97. The van der Waals surface area contributed by atoms with Crippen LogP contribution in [0.5, 0.6) is 0 Å². The molecular weight excluding hydrogens is 342 g/mol. The molecule has 0 N–H and O–H groups in total. The molecule has 1 aromatic carbocycles. The molecule has 0 atom stereocenters. The fourth-order valence-electron chi connectivity index (χ4n) is 3.45. The summed E-state index contributed by atoms with van der Waals surface area (Å²) in [6.45, 7) is 7.48. The Bertz CT molecular complexity index is 848. The predicted octanol–water partition coefficient (Wildman–Crippen LogP) is 3.12. The molecule has 6 nitrogen and oxygen atoms in total. The maximum Gasteiger partial charge on any atom is 0.309 e. The van der Waals surface area contributed by atoms with Crippen molar-refractivity contribution in [2.45, 2.75) is 33.6 Å². The monoisotopic (exact) mass is 369 g/mol. The summed E-state index contributed by atoms with van der Waals surface area (Å²) in [6, 6.07) is 8.05. The number of ether oxygens (including phenoxy) is 1. The highest BCUT2D eigenvalue weighted by Crippen LogP contribution is 2.24. The standard InChI is InChI=1S/C21H27N3O3/c1-5-27-21(26)16-8-10-24(11-9-16)20(25)19-13-18(22-23(19)4)17-7-6-14(2)15(3)12-17/h6-7,12-13,16H,5,8-11H2,1-4H3. The molecule has 2 aromatic rings. The second-order valence-corrected chi connectivity index (χ2v) is 7.16. The van der Waals surface area contributed by atoms with Crippen molar-refractivity contribution in [3.63, 3.8) is 0 Å². The molecule has 0 radical (unpaired) electrons. The summed E-state index contributed by atoms with van der Waals surface area (Å²) >= 11 is 0. The number of hydrogen-bond donors (Lipinski definition) is 0. The summed E-state index contributed by atoms with van der Waals surface area (Å²) in [5, 5.41) is 4.53. The predicted molar refractivity (Wildman–Crippen MR) is 103 cm³/mol. The highest BCUT2D eigenvalue weighted by Gasteiger charge is 2.30. The van der Waals surface area contributed by atoms with Gasteiger partial charge in [0.15, 0.2) is 0 Å². The zero-order chi connectivity index (χ0) is 19.6. The normalized spacial score (nSPS) is 15.0. The van der Waals surface area contributed by atoms with E-state index in [1.54, 1.807) is 16.6 Å². The van der Waals surface area contributed by atoms with Gasteiger partial charge in [-0.1, -0.05) is 12.1 Å². The number of aryl methyl sites for hydroxylation is 3. The zero-order valence-electron chi connectivity index (χ0n) is 16.5. The number of aromatic nitrogens is 2. The van der Waals surface area contributed by atoms with Gasteiger partial charge in [-0.3, -0.25) is 14.3 Å².